The number of H-pyrrole nitrogens is 1. The Bertz CT molecular complexity index is 367. The molecule has 90 valence electrons. The number of rotatable bonds is 7. The third kappa shape index (κ3) is 4.69. The van der Waals surface area contributed by atoms with Crippen LogP contribution in [0.3, 0.4) is 0 Å². The molecule has 0 bridgehead atoms. The summed E-state index contributed by atoms with van der Waals surface area (Å²) in [5.74, 6) is 1.59. The summed E-state index contributed by atoms with van der Waals surface area (Å²) in [5.41, 5.74) is 0. The van der Waals surface area contributed by atoms with Gasteiger partial charge in [0.15, 0.2) is 0 Å². The molecule has 1 rings (SSSR count). The lowest BCUT2D eigenvalue weighted by atomic mass is 10.4. The number of aromatic nitrogens is 2. The van der Waals surface area contributed by atoms with Crippen molar-refractivity contribution in [3.63, 3.8) is 0 Å². The van der Waals surface area contributed by atoms with Crippen LogP contribution in [0.4, 0.5) is 5.82 Å². The van der Waals surface area contributed by atoms with E-state index in [0.29, 0.717) is 11.2 Å². The average molecular weight is 243 g/mol. The lowest BCUT2D eigenvalue weighted by Gasteiger charge is -2.07. The smallest absolute Gasteiger partial charge is 0.135 e. The summed E-state index contributed by atoms with van der Waals surface area (Å²) in [6.07, 6.45) is 0.943. The summed E-state index contributed by atoms with van der Waals surface area (Å²) in [6, 6.07) is 1.79. The quantitative estimate of drug-likeness (QED) is 0.564. The van der Waals surface area contributed by atoms with E-state index in [-0.39, 0.29) is 0 Å². The second-order valence-corrected chi connectivity index (χ2v) is 3.70. The topological polar surface area (TPSA) is 59.2 Å². The highest BCUT2D eigenvalue weighted by Crippen LogP contribution is 2.04. The summed E-state index contributed by atoms with van der Waals surface area (Å²) in [6.45, 7) is 2.00. The van der Waals surface area contributed by atoms with Gasteiger partial charge in [0.2, 0.25) is 0 Å². The first kappa shape index (κ1) is 13.1. The van der Waals surface area contributed by atoms with Gasteiger partial charge in [0.25, 0.3) is 0 Å². The summed E-state index contributed by atoms with van der Waals surface area (Å²) < 4.78 is 10.5. The fourth-order valence-electron chi connectivity index (χ4n) is 1.25. The Morgan fingerprint density at radius 2 is 2.25 bits per heavy atom. The van der Waals surface area contributed by atoms with E-state index >= 15 is 0 Å². The Kier molecular flexibility index (Phi) is 5.99. The van der Waals surface area contributed by atoms with Crippen LogP contribution in [0, 0.1) is 4.64 Å². The predicted octanol–water partition coefficient (Wildman–Crippen LogP) is 1.73. The van der Waals surface area contributed by atoms with Crippen molar-refractivity contribution < 1.29 is 9.47 Å². The highest BCUT2D eigenvalue weighted by atomic mass is 32.1. The molecule has 1 aromatic heterocycles. The standard InChI is InChI=1S/C10H17N3O2S/c1-14-5-3-4-11-8-6-10(16)13-9(12-8)7-15-2/h6H,3-5,7H2,1-2H3,(H2,11,12,13,16). The van der Waals surface area contributed by atoms with Gasteiger partial charge in [0.05, 0.1) is 0 Å². The number of aromatic amines is 1. The summed E-state index contributed by atoms with van der Waals surface area (Å²) in [4.78, 5) is 7.25. The van der Waals surface area contributed by atoms with Crippen LogP contribution in [0.2, 0.25) is 0 Å². The molecule has 0 atom stereocenters. The molecular formula is C10H17N3O2S. The van der Waals surface area contributed by atoms with Gasteiger partial charge in [-0.15, -0.1) is 0 Å². The summed E-state index contributed by atoms with van der Waals surface area (Å²) >= 11 is 5.05. The van der Waals surface area contributed by atoms with Crippen molar-refractivity contribution in [1.29, 1.82) is 0 Å². The molecule has 0 amide bonds. The zero-order valence-corrected chi connectivity index (χ0v) is 10.4. The van der Waals surface area contributed by atoms with Crippen LogP contribution >= 0.6 is 12.2 Å². The molecule has 0 unspecified atom stereocenters. The minimum absolute atomic E-state index is 0.428. The number of nitrogens with zero attached hydrogens (tertiary/aromatic N) is 1. The van der Waals surface area contributed by atoms with Crippen LogP contribution in [-0.2, 0) is 16.1 Å². The molecule has 1 aromatic rings. The fraction of sp³-hybridized carbons (Fsp3) is 0.600. The zero-order valence-electron chi connectivity index (χ0n) is 9.58. The van der Waals surface area contributed by atoms with Crippen LogP contribution < -0.4 is 5.32 Å². The van der Waals surface area contributed by atoms with Gasteiger partial charge in [0.1, 0.15) is 22.9 Å². The summed E-state index contributed by atoms with van der Waals surface area (Å²) in [7, 11) is 3.31. The first-order valence-corrected chi connectivity index (χ1v) is 5.49. The molecule has 0 aliphatic rings. The Balaban J connectivity index is 2.54. The van der Waals surface area contributed by atoms with Crippen LogP contribution in [0.15, 0.2) is 6.07 Å². The SMILES string of the molecule is COCCCNc1cc(=S)nc(COC)[nH]1. The maximum atomic E-state index is 5.05. The van der Waals surface area contributed by atoms with Gasteiger partial charge in [-0.3, -0.25) is 0 Å². The van der Waals surface area contributed by atoms with Gasteiger partial charge in [-0.2, -0.15) is 0 Å². The normalized spacial score (nSPS) is 10.4. The third-order valence-electron chi connectivity index (χ3n) is 1.91. The van der Waals surface area contributed by atoms with Gasteiger partial charge in [-0.05, 0) is 6.42 Å². The van der Waals surface area contributed by atoms with Crippen molar-refractivity contribution >= 4 is 18.0 Å². The largest absolute Gasteiger partial charge is 0.385 e. The first-order chi connectivity index (χ1) is 7.76. The van der Waals surface area contributed by atoms with Crippen LogP contribution in [0.1, 0.15) is 12.2 Å². The Hall–Kier alpha value is -0.980. The zero-order chi connectivity index (χ0) is 11.8. The molecule has 6 heteroatoms. The Labute approximate surface area is 100 Å². The Morgan fingerprint density at radius 1 is 1.44 bits per heavy atom. The number of anilines is 1. The minimum atomic E-state index is 0.428. The van der Waals surface area contributed by atoms with Crippen molar-refractivity contribution in [1.82, 2.24) is 9.97 Å². The van der Waals surface area contributed by atoms with Crippen LogP contribution in [0.25, 0.3) is 0 Å². The number of nitrogens with one attached hydrogen (secondary N) is 2. The van der Waals surface area contributed by atoms with E-state index < -0.39 is 0 Å². The highest BCUT2D eigenvalue weighted by Gasteiger charge is 1.98. The van der Waals surface area contributed by atoms with Crippen LogP contribution in [0.5, 0.6) is 0 Å². The van der Waals surface area contributed by atoms with E-state index in [1.807, 2.05) is 0 Å². The molecule has 2 N–H and O–H groups in total. The average Bonchev–Trinajstić information content (AvgIpc) is 2.24. The van der Waals surface area contributed by atoms with E-state index in [0.717, 1.165) is 31.2 Å². The number of methoxy groups -OCH3 is 2. The van der Waals surface area contributed by atoms with Gasteiger partial charge in [-0.25, -0.2) is 4.98 Å². The predicted molar refractivity (Wildman–Crippen MR) is 65.1 cm³/mol. The van der Waals surface area contributed by atoms with E-state index in [2.05, 4.69) is 15.3 Å². The molecule has 0 aliphatic carbocycles. The number of hydrogen-bond donors (Lipinski definition) is 2. The molecule has 0 radical (unpaired) electrons. The van der Waals surface area contributed by atoms with Gasteiger partial charge in [-0.1, -0.05) is 12.2 Å². The van der Waals surface area contributed by atoms with Gasteiger partial charge < -0.3 is 19.8 Å². The first-order valence-electron chi connectivity index (χ1n) is 5.08. The molecule has 0 fully saturated rings. The highest BCUT2D eigenvalue weighted by molar-refractivity contribution is 7.71. The van der Waals surface area contributed by atoms with Gasteiger partial charge in [0, 0.05) is 33.4 Å². The van der Waals surface area contributed by atoms with Crippen molar-refractivity contribution in [2.75, 3.05) is 32.7 Å². The molecule has 0 saturated heterocycles. The number of ether oxygens (including phenoxy) is 2. The van der Waals surface area contributed by atoms with Crippen molar-refractivity contribution in [2.45, 2.75) is 13.0 Å². The van der Waals surface area contributed by atoms with Gasteiger partial charge >= 0.3 is 0 Å². The van der Waals surface area contributed by atoms with Crippen molar-refractivity contribution in [3.05, 3.63) is 16.5 Å². The van der Waals surface area contributed by atoms with E-state index in [1.165, 1.54) is 0 Å². The third-order valence-corrected chi connectivity index (χ3v) is 2.12. The molecular weight excluding hydrogens is 226 g/mol. The molecule has 0 aliphatic heterocycles. The number of hydrogen-bond acceptors (Lipinski definition) is 5. The van der Waals surface area contributed by atoms with E-state index in [4.69, 9.17) is 21.7 Å². The molecule has 0 spiro atoms. The molecule has 1 heterocycles. The molecule has 0 saturated carbocycles. The minimum Gasteiger partial charge on any atom is -0.385 e. The fourth-order valence-corrected chi connectivity index (χ4v) is 1.48. The van der Waals surface area contributed by atoms with E-state index in [9.17, 15) is 0 Å². The summed E-state index contributed by atoms with van der Waals surface area (Å²) in [5, 5.41) is 3.22. The van der Waals surface area contributed by atoms with Crippen LogP contribution in [-0.4, -0.2) is 37.3 Å². The molecule has 0 aromatic carbocycles. The maximum Gasteiger partial charge on any atom is 0.135 e. The molecule has 5 nitrogen and oxygen atoms in total. The Morgan fingerprint density at radius 3 is 2.94 bits per heavy atom. The second kappa shape index (κ2) is 7.32. The second-order valence-electron chi connectivity index (χ2n) is 3.29. The lowest BCUT2D eigenvalue weighted by Crippen LogP contribution is -2.08. The van der Waals surface area contributed by atoms with E-state index in [1.54, 1.807) is 20.3 Å². The van der Waals surface area contributed by atoms with Crippen molar-refractivity contribution in [2.24, 2.45) is 0 Å². The maximum absolute atomic E-state index is 5.05. The lowest BCUT2D eigenvalue weighted by molar-refractivity contribution is 0.177. The van der Waals surface area contributed by atoms with Crippen molar-refractivity contribution in [3.8, 4) is 0 Å². The molecule has 16 heavy (non-hydrogen) atoms. The monoisotopic (exact) mass is 243 g/mol.